The molecular weight excluding hydrogens is 318 g/mol. The smallest absolute Gasteiger partial charge is 0.282 e. The van der Waals surface area contributed by atoms with Crippen molar-refractivity contribution >= 4 is 17.5 Å². The zero-order valence-corrected chi connectivity index (χ0v) is 13.7. The van der Waals surface area contributed by atoms with Gasteiger partial charge in [-0.05, 0) is 61.1 Å². The van der Waals surface area contributed by atoms with E-state index in [0.717, 1.165) is 36.9 Å². The van der Waals surface area contributed by atoms with Gasteiger partial charge >= 0.3 is 0 Å². The number of benzene rings is 1. The maximum atomic E-state index is 12.5. The van der Waals surface area contributed by atoms with Gasteiger partial charge in [-0.25, -0.2) is 0 Å². The van der Waals surface area contributed by atoms with Crippen molar-refractivity contribution in [1.29, 1.82) is 0 Å². The molecule has 2 aliphatic rings. The summed E-state index contributed by atoms with van der Waals surface area (Å²) in [4.78, 5) is 28.6. The van der Waals surface area contributed by atoms with Gasteiger partial charge < -0.3 is 5.32 Å². The number of hydrogen-bond acceptors (Lipinski definition) is 4. The van der Waals surface area contributed by atoms with E-state index in [1.165, 1.54) is 6.20 Å². The first kappa shape index (κ1) is 15.8. The maximum absolute atomic E-state index is 12.5. The van der Waals surface area contributed by atoms with Gasteiger partial charge in [0.15, 0.2) is 0 Å². The average Bonchev–Trinajstić information content (AvgIpc) is 3.00. The van der Waals surface area contributed by atoms with E-state index in [1.807, 2.05) is 12.1 Å². The molecule has 1 spiro atoms. The molecule has 2 heterocycles. The zero-order chi connectivity index (χ0) is 17.4. The molecule has 6 nitrogen and oxygen atoms in total. The van der Waals surface area contributed by atoms with Crippen molar-refractivity contribution in [2.45, 2.75) is 25.7 Å². The topological polar surface area (TPSA) is 82.5 Å². The summed E-state index contributed by atoms with van der Waals surface area (Å²) in [7, 11) is 0. The third-order valence-corrected chi connectivity index (χ3v) is 5.31. The van der Waals surface area contributed by atoms with Gasteiger partial charge in [0.1, 0.15) is 0 Å². The molecule has 0 saturated carbocycles. The van der Waals surface area contributed by atoms with Crippen LogP contribution in [-0.4, -0.2) is 28.6 Å². The number of nitrogens with one attached hydrogen (secondary N) is 1. The Balaban J connectivity index is 1.58. The van der Waals surface area contributed by atoms with E-state index in [9.17, 15) is 14.8 Å². The minimum atomic E-state index is -0.491. The lowest BCUT2D eigenvalue weighted by Crippen LogP contribution is -2.36. The molecule has 1 aliphatic heterocycles. The summed E-state index contributed by atoms with van der Waals surface area (Å²) in [5.41, 5.74) is 2.67. The van der Waals surface area contributed by atoms with Gasteiger partial charge in [0.25, 0.3) is 5.91 Å². The highest BCUT2D eigenvalue weighted by molar-refractivity contribution is 6.04. The molecule has 25 heavy (non-hydrogen) atoms. The molecular formula is C19H19N3O3. The highest BCUT2D eigenvalue weighted by Gasteiger charge is 2.44. The van der Waals surface area contributed by atoms with E-state index in [-0.39, 0.29) is 11.3 Å². The molecule has 4 rings (SSSR count). The van der Waals surface area contributed by atoms with Gasteiger partial charge in [0.2, 0.25) is 5.91 Å². The second-order valence-electron chi connectivity index (χ2n) is 6.77. The molecule has 1 aliphatic carbocycles. The number of fused-ring (bicyclic) bond motifs is 1. The molecule has 2 aromatic rings. The number of hydroxylamine groups is 1. The van der Waals surface area contributed by atoms with Crippen molar-refractivity contribution < 1.29 is 14.8 Å². The van der Waals surface area contributed by atoms with Crippen molar-refractivity contribution in [3.05, 3.63) is 59.4 Å². The number of aryl methyl sites for hydroxylation is 1. The van der Waals surface area contributed by atoms with E-state index < -0.39 is 5.91 Å². The highest BCUT2D eigenvalue weighted by Crippen LogP contribution is 2.41. The molecule has 1 saturated heterocycles. The molecule has 0 unspecified atom stereocenters. The zero-order valence-electron chi connectivity index (χ0n) is 13.7. The molecule has 6 heteroatoms. The summed E-state index contributed by atoms with van der Waals surface area (Å²) in [6.07, 6.45) is 6.16. The minimum Gasteiger partial charge on any atom is -0.356 e. The number of carbonyl (C=O) groups excluding carboxylic acids is 2. The largest absolute Gasteiger partial charge is 0.356 e. The minimum absolute atomic E-state index is 0.149. The van der Waals surface area contributed by atoms with Crippen LogP contribution in [0.5, 0.6) is 0 Å². The molecule has 2 N–H and O–H groups in total. The van der Waals surface area contributed by atoms with Gasteiger partial charge in [0, 0.05) is 18.3 Å². The van der Waals surface area contributed by atoms with Crippen LogP contribution in [0, 0.1) is 5.41 Å². The number of pyridine rings is 1. The van der Waals surface area contributed by atoms with E-state index in [0.29, 0.717) is 22.7 Å². The highest BCUT2D eigenvalue weighted by atomic mass is 16.5. The summed E-state index contributed by atoms with van der Waals surface area (Å²) in [5.74, 6) is -0.342. The van der Waals surface area contributed by atoms with E-state index in [1.54, 1.807) is 24.4 Å². The fourth-order valence-corrected chi connectivity index (χ4v) is 3.83. The SMILES string of the molecule is O=C(c1ccc2c(c1)CC[C@]1(CCNC1=O)C2)N(O)c1cccnc1. The number of nitrogens with zero attached hydrogens (tertiary/aromatic N) is 2. The van der Waals surface area contributed by atoms with Crippen LogP contribution in [0.3, 0.4) is 0 Å². The lowest BCUT2D eigenvalue weighted by atomic mass is 9.70. The molecule has 0 radical (unpaired) electrons. The van der Waals surface area contributed by atoms with E-state index >= 15 is 0 Å². The molecule has 1 fully saturated rings. The summed E-state index contributed by atoms with van der Waals surface area (Å²) >= 11 is 0. The number of rotatable bonds is 2. The van der Waals surface area contributed by atoms with Crippen molar-refractivity contribution in [3.8, 4) is 0 Å². The second kappa shape index (κ2) is 5.97. The summed E-state index contributed by atoms with van der Waals surface area (Å²) in [6.45, 7) is 0.745. The predicted molar refractivity (Wildman–Crippen MR) is 91.4 cm³/mol. The Morgan fingerprint density at radius 2 is 2.12 bits per heavy atom. The predicted octanol–water partition coefficient (Wildman–Crippen LogP) is 2.11. The Bertz CT molecular complexity index is 837. The van der Waals surface area contributed by atoms with Crippen molar-refractivity contribution in [2.24, 2.45) is 5.41 Å². The Labute approximate surface area is 145 Å². The van der Waals surface area contributed by atoms with Crippen molar-refractivity contribution in [2.75, 3.05) is 11.6 Å². The van der Waals surface area contributed by atoms with Gasteiger partial charge in [-0.3, -0.25) is 19.8 Å². The molecule has 1 atom stereocenters. The first-order chi connectivity index (χ1) is 12.1. The number of carbonyl (C=O) groups is 2. The molecule has 2 amide bonds. The van der Waals surface area contributed by atoms with Crippen LogP contribution in [-0.2, 0) is 17.6 Å². The number of hydrogen-bond donors (Lipinski definition) is 2. The maximum Gasteiger partial charge on any atom is 0.282 e. The first-order valence-electron chi connectivity index (χ1n) is 8.43. The Morgan fingerprint density at radius 1 is 1.24 bits per heavy atom. The summed E-state index contributed by atoms with van der Waals surface area (Å²) in [6, 6.07) is 8.73. The lowest BCUT2D eigenvalue weighted by molar-refractivity contribution is -0.128. The first-order valence-corrected chi connectivity index (χ1v) is 8.43. The average molecular weight is 337 g/mol. The summed E-state index contributed by atoms with van der Waals surface area (Å²) < 4.78 is 0. The molecule has 0 bridgehead atoms. The van der Waals surface area contributed by atoms with Gasteiger partial charge in [-0.1, -0.05) is 6.07 Å². The summed E-state index contributed by atoms with van der Waals surface area (Å²) in [5, 5.41) is 13.7. The van der Waals surface area contributed by atoms with Gasteiger partial charge in [-0.15, -0.1) is 0 Å². The number of anilines is 1. The van der Waals surface area contributed by atoms with Crippen molar-refractivity contribution in [1.82, 2.24) is 10.3 Å². The fourth-order valence-electron chi connectivity index (χ4n) is 3.83. The lowest BCUT2D eigenvalue weighted by Gasteiger charge is -2.32. The van der Waals surface area contributed by atoms with E-state index in [2.05, 4.69) is 10.3 Å². The number of amides is 2. The van der Waals surface area contributed by atoms with Crippen LogP contribution in [0.2, 0.25) is 0 Å². The Hall–Kier alpha value is -2.73. The monoisotopic (exact) mass is 337 g/mol. The van der Waals surface area contributed by atoms with Crippen LogP contribution in [0.1, 0.15) is 34.3 Å². The second-order valence-corrected chi connectivity index (χ2v) is 6.77. The third kappa shape index (κ3) is 2.68. The standard InChI is InChI=1S/C19H19N3O3/c23-17(22(25)16-2-1-8-20-12-16)14-3-4-15-11-19(6-5-13(15)10-14)7-9-21-18(19)24/h1-4,8,10,12,25H,5-7,9,11H2,(H,21,24)/t19-/m0/s1. The van der Waals surface area contributed by atoms with Gasteiger partial charge in [0.05, 0.1) is 17.3 Å². The molecule has 128 valence electrons. The van der Waals surface area contributed by atoms with Crippen LogP contribution < -0.4 is 10.4 Å². The van der Waals surface area contributed by atoms with Crippen LogP contribution in [0.15, 0.2) is 42.7 Å². The van der Waals surface area contributed by atoms with Crippen LogP contribution in [0.25, 0.3) is 0 Å². The Morgan fingerprint density at radius 3 is 2.84 bits per heavy atom. The third-order valence-electron chi connectivity index (χ3n) is 5.31. The van der Waals surface area contributed by atoms with E-state index in [4.69, 9.17) is 0 Å². The fraction of sp³-hybridized carbons (Fsp3) is 0.316. The molecule has 1 aromatic carbocycles. The number of aromatic nitrogens is 1. The Kier molecular flexibility index (Phi) is 3.77. The van der Waals surface area contributed by atoms with Crippen molar-refractivity contribution in [3.63, 3.8) is 0 Å². The van der Waals surface area contributed by atoms with Gasteiger partial charge in [-0.2, -0.15) is 5.06 Å². The van der Waals surface area contributed by atoms with Crippen LogP contribution in [0.4, 0.5) is 5.69 Å². The van der Waals surface area contributed by atoms with Crippen LogP contribution >= 0.6 is 0 Å². The quantitative estimate of drug-likeness (QED) is 0.649. The molecule has 1 aromatic heterocycles. The normalized spacial score (nSPS) is 21.7.